The number of carbonyl (C=O) groups is 3. The third kappa shape index (κ3) is 7.22. The number of amides is 2. The predicted octanol–water partition coefficient (Wildman–Crippen LogP) is 3.45. The van der Waals surface area contributed by atoms with Crippen LogP contribution in [0.4, 0.5) is 4.79 Å². The summed E-state index contributed by atoms with van der Waals surface area (Å²) in [5, 5.41) is 23.8. The fourth-order valence-corrected chi connectivity index (χ4v) is 4.66. The molecule has 9 nitrogen and oxygen atoms in total. The summed E-state index contributed by atoms with van der Waals surface area (Å²) in [6.07, 6.45) is -3.35. The standard InChI is InChI=1S/C30H32N2O7/c1-19(38-17-20-9-3-2-4-10-20)28(29(36)31-16-21(33)15-27(34)35)32-30(37)39-18-26-24-13-7-5-11-22(24)23-12-6-8-14-25(23)26/h2-14,19,21,26,28,33H,15-18H2,1H3,(H,31,36)(H,32,37)(H,34,35). The summed E-state index contributed by atoms with van der Waals surface area (Å²) in [6.45, 7) is 1.63. The van der Waals surface area contributed by atoms with Crippen molar-refractivity contribution in [1.82, 2.24) is 10.6 Å². The number of fused-ring (bicyclic) bond motifs is 3. The van der Waals surface area contributed by atoms with E-state index in [9.17, 15) is 19.5 Å². The molecule has 9 heteroatoms. The van der Waals surface area contributed by atoms with Gasteiger partial charge in [-0.1, -0.05) is 78.9 Å². The Morgan fingerprint density at radius 2 is 1.49 bits per heavy atom. The molecule has 3 unspecified atom stereocenters. The Hall–Kier alpha value is -4.21. The van der Waals surface area contributed by atoms with Crippen LogP contribution in [0.15, 0.2) is 78.9 Å². The van der Waals surface area contributed by atoms with E-state index in [0.29, 0.717) is 0 Å². The number of carboxylic acid groups (broad SMARTS) is 1. The van der Waals surface area contributed by atoms with Crippen molar-refractivity contribution in [1.29, 1.82) is 0 Å². The van der Waals surface area contributed by atoms with Crippen LogP contribution in [-0.2, 0) is 25.7 Å². The minimum Gasteiger partial charge on any atom is -0.481 e. The van der Waals surface area contributed by atoms with Gasteiger partial charge in [0.1, 0.15) is 12.6 Å². The number of hydrogen-bond acceptors (Lipinski definition) is 6. The summed E-state index contributed by atoms with van der Waals surface area (Å²) in [5.41, 5.74) is 5.21. The van der Waals surface area contributed by atoms with Crippen molar-refractivity contribution in [3.05, 3.63) is 95.6 Å². The molecule has 0 fully saturated rings. The SMILES string of the molecule is CC(OCc1ccccc1)C(NC(=O)OCC1c2ccccc2-c2ccccc21)C(=O)NCC(O)CC(=O)O. The Labute approximate surface area is 226 Å². The molecule has 4 rings (SSSR count). The lowest BCUT2D eigenvalue weighted by molar-refractivity contribution is -0.139. The van der Waals surface area contributed by atoms with Gasteiger partial charge in [-0.2, -0.15) is 0 Å². The van der Waals surface area contributed by atoms with Crippen molar-refractivity contribution in [2.75, 3.05) is 13.2 Å². The first-order chi connectivity index (χ1) is 18.8. The van der Waals surface area contributed by atoms with Crippen LogP contribution in [0.25, 0.3) is 11.1 Å². The highest BCUT2D eigenvalue weighted by atomic mass is 16.5. The first kappa shape index (κ1) is 27.8. The van der Waals surface area contributed by atoms with Gasteiger partial charge in [-0.3, -0.25) is 9.59 Å². The first-order valence-corrected chi connectivity index (χ1v) is 12.8. The highest BCUT2D eigenvalue weighted by Crippen LogP contribution is 2.44. The topological polar surface area (TPSA) is 134 Å². The number of aliphatic carboxylic acids is 1. The second kappa shape index (κ2) is 13.0. The minimum atomic E-state index is -1.28. The summed E-state index contributed by atoms with van der Waals surface area (Å²) < 4.78 is 11.5. The van der Waals surface area contributed by atoms with Crippen LogP contribution in [0.3, 0.4) is 0 Å². The van der Waals surface area contributed by atoms with E-state index in [-0.39, 0.29) is 25.7 Å². The summed E-state index contributed by atoms with van der Waals surface area (Å²) in [7, 11) is 0. The number of carboxylic acids is 1. The normalized spacial score (nSPS) is 14.4. The summed E-state index contributed by atoms with van der Waals surface area (Å²) in [5.74, 6) is -1.97. The molecule has 3 aromatic rings. The van der Waals surface area contributed by atoms with E-state index in [1.165, 1.54) is 0 Å². The van der Waals surface area contributed by atoms with E-state index >= 15 is 0 Å². The molecular weight excluding hydrogens is 500 g/mol. The highest BCUT2D eigenvalue weighted by molar-refractivity contribution is 5.86. The smallest absolute Gasteiger partial charge is 0.407 e. The summed E-state index contributed by atoms with van der Waals surface area (Å²) in [4.78, 5) is 36.7. The van der Waals surface area contributed by atoms with Gasteiger partial charge in [0.2, 0.25) is 5.91 Å². The zero-order valence-electron chi connectivity index (χ0n) is 21.6. The van der Waals surface area contributed by atoms with Gasteiger partial charge < -0.3 is 30.3 Å². The molecule has 0 radical (unpaired) electrons. The largest absolute Gasteiger partial charge is 0.481 e. The van der Waals surface area contributed by atoms with Crippen LogP contribution >= 0.6 is 0 Å². The van der Waals surface area contributed by atoms with E-state index in [4.69, 9.17) is 14.6 Å². The molecule has 0 aromatic heterocycles. The number of alkyl carbamates (subject to hydrolysis) is 1. The average molecular weight is 533 g/mol. The number of nitrogens with one attached hydrogen (secondary N) is 2. The van der Waals surface area contributed by atoms with E-state index in [2.05, 4.69) is 10.6 Å². The van der Waals surface area contributed by atoms with E-state index in [1.54, 1.807) is 6.92 Å². The quantitative estimate of drug-likeness (QED) is 0.281. The lowest BCUT2D eigenvalue weighted by atomic mass is 9.98. The van der Waals surface area contributed by atoms with Gasteiger partial charge in [-0.15, -0.1) is 0 Å². The molecule has 39 heavy (non-hydrogen) atoms. The van der Waals surface area contributed by atoms with Crippen molar-refractivity contribution >= 4 is 18.0 Å². The number of aliphatic hydroxyl groups excluding tert-OH is 1. The molecule has 0 saturated heterocycles. The number of aliphatic hydroxyl groups is 1. The molecule has 2 amide bonds. The number of hydrogen-bond donors (Lipinski definition) is 4. The molecule has 1 aliphatic carbocycles. The van der Waals surface area contributed by atoms with Crippen molar-refractivity contribution < 1.29 is 34.1 Å². The molecule has 4 N–H and O–H groups in total. The predicted molar refractivity (Wildman–Crippen MR) is 144 cm³/mol. The number of benzene rings is 3. The van der Waals surface area contributed by atoms with E-state index < -0.39 is 42.6 Å². The van der Waals surface area contributed by atoms with Crippen LogP contribution in [-0.4, -0.2) is 59.6 Å². The Kier molecular flexibility index (Phi) is 9.30. The van der Waals surface area contributed by atoms with Crippen molar-refractivity contribution in [3.8, 4) is 11.1 Å². The molecule has 1 aliphatic rings. The molecule has 0 aliphatic heterocycles. The maximum absolute atomic E-state index is 13.0. The molecule has 0 bridgehead atoms. The average Bonchev–Trinajstić information content (AvgIpc) is 3.26. The van der Waals surface area contributed by atoms with Gasteiger partial charge in [0.25, 0.3) is 0 Å². The minimum absolute atomic E-state index is 0.0742. The van der Waals surface area contributed by atoms with Gasteiger partial charge >= 0.3 is 12.1 Å². The van der Waals surface area contributed by atoms with E-state index in [0.717, 1.165) is 27.8 Å². The van der Waals surface area contributed by atoms with Crippen LogP contribution in [0.1, 0.15) is 36.0 Å². The van der Waals surface area contributed by atoms with E-state index in [1.807, 2.05) is 78.9 Å². The highest BCUT2D eigenvalue weighted by Gasteiger charge is 2.32. The monoisotopic (exact) mass is 532 g/mol. The van der Waals surface area contributed by atoms with Gasteiger partial charge in [-0.05, 0) is 34.7 Å². The fraction of sp³-hybridized carbons (Fsp3) is 0.300. The van der Waals surface area contributed by atoms with Gasteiger partial charge in [0, 0.05) is 12.5 Å². The molecule has 3 aromatic carbocycles. The molecular formula is C30H32N2O7. The zero-order valence-corrected chi connectivity index (χ0v) is 21.6. The zero-order chi connectivity index (χ0) is 27.8. The number of ether oxygens (including phenoxy) is 2. The van der Waals surface area contributed by atoms with Crippen molar-refractivity contribution in [2.24, 2.45) is 0 Å². The van der Waals surface area contributed by atoms with Crippen LogP contribution in [0.5, 0.6) is 0 Å². The second-order valence-electron chi connectivity index (χ2n) is 9.45. The summed E-state index contributed by atoms with van der Waals surface area (Å²) >= 11 is 0. The Balaban J connectivity index is 1.41. The molecule has 204 valence electrons. The molecule has 0 heterocycles. The Morgan fingerprint density at radius 3 is 2.10 bits per heavy atom. The summed E-state index contributed by atoms with van der Waals surface area (Å²) in [6, 6.07) is 24.2. The maximum Gasteiger partial charge on any atom is 0.407 e. The van der Waals surface area contributed by atoms with Crippen LogP contribution in [0.2, 0.25) is 0 Å². The van der Waals surface area contributed by atoms with Crippen LogP contribution in [0, 0.1) is 0 Å². The number of rotatable bonds is 12. The van der Waals surface area contributed by atoms with Crippen molar-refractivity contribution in [3.63, 3.8) is 0 Å². The van der Waals surface area contributed by atoms with Crippen molar-refractivity contribution in [2.45, 2.75) is 44.1 Å². The third-order valence-corrected chi connectivity index (χ3v) is 6.65. The van der Waals surface area contributed by atoms with Gasteiger partial charge in [0.05, 0.1) is 25.2 Å². The molecule has 0 spiro atoms. The Bertz CT molecular complexity index is 1250. The third-order valence-electron chi connectivity index (χ3n) is 6.65. The second-order valence-corrected chi connectivity index (χ2v) is 9.45. The fourth-order valence-electron chi connectivity index (χ4n) is 4.66. The van der Waals surface area contributed by atoms with Gasteiger partial charge in [0.15, 0.2) is 0 Å². The lowest BCUT2D eigenvalue weighted by Crippen LogP contribution is -2.54. The first-order valence-electron chi connectivity index (χ1n) is 12.8. The maximum atomic E-state index is 13.0. The van der Waals surface area contributed by atoms with Gasteiger partial charge in [-0.25, -0.2) is 4.79 Å². The van der Waals surface area contributed by atoms with Crippen LogP contribution < -0.4 is 10.6 Å². The lowest BCUT2D eigenvalue weighted by Gasteiger charge is -2.25. The molecule has 0 saturated carbocycles. The Morgan fingerprint density at radius 1 is 0.897 bits per heavy atom. The molecule has 3 atom stereocenters. The number of carbonyl (C=O) groups excluding carboxylic acids is 2.